The Morgan fingerprint density at radius 2 is 1.40 bits per heavy atom. The molecule has 2 heterocycles. The molecular formula is C38H37ClN8O11. The average molecular weight is 817 g/mol. The minimum absolute atomic E-state index is 0.150. The summed E-state index contributed by atoms with van der Waals surface area (Å²) < 4.78 is 18.1. The third-order valence-electron chi connectivity index (χ3n) is 8.43. The van der Waals surface area contributed by atoms with Crippen LogP contribution in [0.5, 0.6) is 11.5 Å². The number of aryl methyl sites for hydroxylation is 1. The fourth-order valence-electron chi connectivity index (χ4n) is 5.71. The minimum Gasteiger partial charge on any atom is -0.427 e. The highest BCUT2D eigenvalue weighted by molar-refractivity contribution is 6.30. The van der Waals surface area contributed by atoms with E-state index in [1.54, 1.807) is 24.3 Å². The number of benzene rings is 4. The van der Waals surface area contributed by atoms with Gasteiger partial charge in [0.1, 0.15) is 23.9 Å². The van der Waals surface area contributed by atoms with Crippen molar-refractivity contribution in [2.45, 2.75) is 52.6 Å². The fraction of sp³-hybridized carbons (Fsp3) is 0.211. The molecule has 4 N–H and O–H groups in total. The topological polar surface area (TPSA) is 229 Å². The quantitative estimate of drug-likeness (QED) is 0.0411. The average Bonchev–Trinajstić information content (AvgIpc) is 3.83. The summed E-state index contributed by atoms with van der Waals surface area (Å²) in [6, 6.07) is 27.7. The van der Waals surface area contributed by atoms with Gasteiger partial charge in [-0.15, -0.1) is 10.2 Å². The summed E-state index contributed by atoms with van der Waals surface area (Å²) in [5.41, 5.74) is 4.63. The summed E-state index contributed by atoms with van der Waals surface area (Å²) in [6.07, 6.45) is 0.552. The number of unbranched alkanes of at least 4 members (excludes halogenated alkanes) is 1. The third-order valence-corrected chi connectivity index (χ3v) is 8.73. The van der Waals surface area contributed by atoms with E-state index in [-0.39, 0.29) is 42.3 Å². The number of nitrogens with zero attached hydrogens (tertiary/aromatic N) is 8. The van der Waals surface area contributed by atoms with Gasteiger partial charge in [-0.25, -0.2) is 24.2 Å². The summed E-state index contributed by atoms with van der Waals surface area (Å²) in [5.74, 6) is 1.23. The Bertz CT molecular complexity index is 2320. The molecule has 19 nitrogen and oxygen atoms in total. The van der Waals surface area contributed by atoms with Gasteiger partial charge in [-0.1, -0.05) is 103 Å². The molecule has 4 aromatic carbocycles. The maximum absolute atomic E-state index is 12.9. The number of imidazole rings is 1. The van der Waals surface area contributed by atoms with Crippen LogP contribution in [0.2, 0.25) is 5.15 Å². The zero-order valence-corrected chi connectivity index (χ0v) is 31.5. The fourth-order valence-corrected chi connectivity index (χ4v) is 5.97. The molecular weight excluding hydrogens is 780 g/mol. The zero-order valence-electron chi connectivity index (χ0n) is 30.8. The van der Waals surface area contributed by atoms with Crippen molar-refractivity contribution in [1.82, 2.24) is 40.5 Å². The second-order valence-electron chi connectivity index (χ2n) is 12.5. The lowest BCUT2D eigenvalue weighted by atomic mass is 9.98. The van der Waals surface area contributed by atoms with Crippen molar-refractivity contribution in [3.05, 3.63) is 130 Å². The molecule has 6 rings (SSSR count). The molecule has 0 aliphatic heterocycles. The van der Waals surface area contributed by atoms with Crippen LogP contribution in [0.25, 0.3) is 22.5 Å². The van der Waals surface area contributed by atoms with Crippen molar-refractivity contribution in [1.29, 1.82) is 0 Å². The predicted molar refractivity (Wildman–Crippen MR) is 199 cm³/mol. The van der Waals surface area contributed by atoms with Gasteiger partial charge in [0, 0.05) is 18.5 Å². The zero-order chi connectivity index (χ0) is 41.0. The van der Waals surface area contributed by atoms with Crippen LogP contribution in [0.4, 0.5) is 9.59 Å². The number of carbonyl (C=O) groups excluding carboxylic acids is 2. The lowest BCUT2D eigenvalue weighted by Crippen LogP contribution is -2.20. The lowest BCUT2D eigenvalue weighted by molar-refractivity contribution is -0.497. The van der Waals surface area contributed by atoms with E-state index < -0.39 is 23.0 Å². The van der Waals surface area contributed by atoms with E-state index in [2.05, 4.69) is 37.0 Å². The van der Waals surface area contributed by atoms with Crippen molar-refractivity contribution in [2.24, 2.45) is 0 Å². The Labute approximate surface area is 335 Å². The molecule has 0 bridgehead atoms. The maximum atomic E-state index is 12.9. The highest BCUT2D eigenvalue weighted by Crippen LogP contribution is 2.31. The summed E-state index contributed by atoms with van der Waals surface area (Å²) >= 11 is 6.60. The molecule has 2 aromatic heterocycles. The largest absolute Gasteiger partial charge is 0.514 e. The van der Waals surface area contributed by atoms with Crippen LogP contribution in [0.15, 0.2) is 97.1 Å². The molecule has 0 amide bonds. The molecule has 0 radical (unpaired) electrons. The van der Waals surface area contributed by atoms with E-state index in [4.69, 9.17) is 46.6 Å². The van der Waals surface area contributed by atoms with Crippen LogP contribution in [-0.2, 0) is 47.2 Å². The molecule has 0 unspecified atom stereocenters. The van der Waals surface area contributed by atoms with Gasteiger partial charge >= 0.3 is 12.2 Å². The van der Waals surface area contributed by atoms with Crippen molar-refractivity contribution >= 4 is 23.8 Å². The van der Waals surface area contributed by atoms with Crippen molar-refractivity contribution < 1.29 is 54.3 Å². The number of tetrazole rings is 1. The Balaban J connectivity index is 1.14. The Hall–Kier alpha value is -6.13. The molecule has 0 saturated heterocycles. The van der Waals surface area contributed by atoms with E-state index in [0.717, 1.165) is 40.2 Å². The van der Waals surface area contributed by atoms with E-state index >= 15 is 0 Å². The molecule has 0 aliphatic rings. The highest BCUT2D eigenvalue weighted by Gasteiger charge is 2.20. The standard InChI is InChI=1S/C38H37ClN8O11/c1-2-3-14-34-40-35(39)33(24-54-38(49)58-30-11-7-9-27(20-30)23-56-47(52)53)44(34)21-25-15-17-28(18-16-25)31-12-4-5-13-32(31)36-41-43-45(42-36)37(48)57-29-10-6-8-26(19-29)22-55-46(50)51/h4-13,15-20,50-53H,2-3,14,21-24H2,1H3. The van der Waals surface area contributed by atoms with Gasteiger partial charge in [0.15, 0.2) is 5.15 Å². The van der Waals surface area contributed by atoms with Crippen LogP contribution in [0, 0.1) is 0 Å². The number of hydrogen-bond donors (Lipinski definition) is 4. The minimum atomic E-state index is -0.978. The van der Waals surface area contributed by atoms with Gasteiger partial charge in [-0.3, -0.25) is 20.8 Å². The van der Waals surface area contributed by atoms with Crippen molar-refractivity contribution in [3.8, 4) is 34.0 Å². The Morgan fingerprint density at radius 3 is 2.03 bits per heavy atom. The molecule has 6 aromatic rings. The summed E-state index contributed by atoms with van der Waals surface area (Å²) in [5, 5.41) is 46.8. The predicted octanol–water partition coefficient (Wildman–Crippen LogP) is 7.03. The van der Waals surface area contributed by atoms with Gasteiger partial charge < -0.3 is 18.8 Å². The van der Waals surface area contributed by atoms with Gasteiger partial charge in [0.2, 0.25) is 5.82 Å². The van der Waals surface area contributed by atoms with E-state index in [0.29, 0.717) is 35.3 Å². The lowest BCUT2D eigenvalue weighted by Gasteiger charge is -2.14. The maximum Gasteiger partial charge on any atom is 0.514 e. The molecule has 0 fully saturated rings. The van der Waals surface area contributed by atoms with Crippen LogP contribution in [0.3, 0.4) is 0 Å². The Kier molecular flexibility index (Phi) is 14.2. The highest BCUT2D eigenvalue weighted by atomic mass is 35.5. The number of carbonyl (C=O) groups is 2. The number of ether oxygens (including phenoxy) is 3. The third kappa shape index (κ3) is 11.3. The number of hydrogen-bond acceptors (Lipinski definition) is 17. The van der Waals surface area contributed by atoms with Crippen molar-refractivity contribution in [2.75, 3.05) is 0 Å². The smallest absolute Gasteiger partial charge is 0.427 e. The van der Waals surface area contributed by atoms with E-state index in [9.17, 15) is 9.59 Å². The second kappa shape index (κ2) is 19.8. The second-order valence-corrected chi connectivity index (χ2v) is 12.8. The molecule has 58 heavy (non-hydrogen) atoms. The molecule has 0 spiro atoms. The molecule has 0 saturated carbocycles. The van der Waals surface area contributed by atoms with Gasteiger partial charge in [0.25, 0.3) is 0 Å². The monoisotopic (exact) mass is 816 g/mol. The number of aromatic nitrogens is 6. The first kappa shape index (κ1) is 41.5. The molecule has 0 atom stereocenters. The number of rotatable bonds is 17. The van der Waals surface area contributed by atoms with E-state index in [1.807, 2.05) is 53.1 Å². The SMILES string of the molecule is CCCCc1nc(Cl)c(COC(=O)Oc2cccc(CON(O)O)c2)n1Cc1ccc(-c2ccccc2-c2nnn(C(=O)Oc3cccc(CON(O)O)c3)n2)cc1. The molecule has 302 valence electrons. The Morgan fingerprint density at radius 1 is 0.759 bits per heavy atom. The first-order valence-electron chi connectivity index (χ1n) is 17.6. The first-order chi connectivity index (χ1) is 28.1. The van der Waals surface area contributed by atoms with E-state index in [1.165, 1.54) is 24.3 Å². The summed E-state index contributed by atoms with van der Waals surface area (Å²) in [7, 11) is 0. The van der Waals surface area contributed by atoms with Gasteiger partial charge in [-0.05, 0) is 63.7 Å². The van der Waals surface area contributed by atoms with Crippen LogP contribution in [0.1, 0.15) is 48.0 Å². The van der Waals surface area contributed by atoms with Crippen molar-refractivity contribution in [3.63, 3.8) is 0 Å². The van der Waals surface area contributed by atoms with Gasteiger partial charge in [0.05, 0.1) is 29.7 Å². The number of halogens is 1. The van der Waals surface area contributed by atoms with Crippen LogP contribution >= 0.6 is 11.6 Å². The summed E-state index contributed by atoms with van der Waals surface area (Å²) in [4.78, 5) is 40.1. The summed E-state index contributed by atoms with van der Waals surface area (Å²) in [6.45, 7) is 1.85. The van der Waals surface area contributed by atoms with Gasteiger partial charge in [-0.2, -0.15) is 0 Å². The molecule has 20 heteroatoms. The normalized spacial score (nSPS) is 11.3. The van der Waals surface area contributed by atoms with Crippen LogP contribution in [-0.4, -0.2) is 73.6 Å². The first-order valence-corrected chi connectivity index (χ1v) is 18.0. The molecule has 0 aliphatic carbocycles. The van der Waals surface area contributed by atoms with Crippen LogP contribution < -0.4 is 9.47 Å².